The molecule has 0 spiro atoms. The zero-order chi connectivity index (χ0) is 21.4. The van der Waals surface area contributed by atoms with Gasteiger partial charge in [0.15, 0.2) is 6.10 Å². The van der Waals surface area contributed by atoms with Crippen LogP contribution in [0.3, 0.4) is 0 Å². The van der Waals surface area contributed by atoms with E-state index in [1.54, 1.807) is 0 Å². The maximum atomic E-state index is 11.1. The number of hydrogen-bond acceptors (Lipinski definition) is 12. The van der Waals surface area contributed by atoms with Crippen LogP contribution in [0.5, 0.6) is 0 Å². The van der Waals surface area contributed by atoms with Crippen molar-refractivity contribution < 1.29 is 54.8 Å². The molecular weight excluding hydrogens is 384 g/mol. The first kappa shape index (κ1) is 23.3. The van der Waals surface area contributed by atoms with Crippen LogP contribution in [0.2, 0.25) is 0 Å². The Hall–Kier alpha value is -0.970. The van der Waals surface area contributed by atoms with Crippen molar-refractivity contribution in [1.29, 1.82) is 0 Å². The van der Waals surface area contributed by atoms with Gasteiger partial charge in [-0.15, -0.1) is 0 Å². The number of ether oxygens (including phenoxy) is 3. The highest BCUT2D eigenvalue weighted by Gasteiger charge is 2.61. The minimum absolute atomic E-state index is 0.744. The molecular formula is C15H28N2O11. The molecule has 13 nitrogen and oxygen atoms in total. The molecule has 2 aliphatic rings. The Kier molecular flexibility index (Phi) is 7.33. The third kappa shape index (κ3) is 4.01. The van der Waals surface area contributed by atoms with E-state index in [2.05, 4.69) is 0 Å². The van der Waals surface area contributed by atoms with Crippen molar-refractivity contribution in [3.8, 4) is 0 Å². The van der Waals surface area contributed by atoms with Crippen LogP contribution in [0.1, 0.15) is 6.92 Å². The Morgan fingerprint density at radius 2 is 1.68 bits per heavy atom. The summed E-state index contributed by atoms with van der Waals surface area (Å²) in [5.74, 6) is -3.90. The van der Waals surface area contributed by atoms with Crippen molar-refractivity contribution in [3.05, 3.63) is 0 Å². The molecule has 2 rings (SSSR count). The van der Waals surface area contributed by atoms with E-state index in [1.165, 1.54) is 6.92 Å². The predicted molar refractivity (Wildman–Crippen MR) is 88.6 cm³/mol. The van der Waals surface area contributed by atoms with Gasteiger partial charge in [0.1, 0.15) is 42.7 Å². The van der Waals surface area contributed by atoms with Gasteiger partial charge in [-0.05, 0) is 6.92 Å². The van der Waals surface area contributed by atoms with E-state index in [1.807, 2.05) is 0 Å². The molecule has 0 aromatic heterocycles. The fourth-order valence-electron chi connectivity index (χ4n) is 3.43. The zero-order valence-corrected chi connectivity index (χ0v) is 15.1. The molecule has 2 saturated heterocycles. The van der Waals surface area contributed by atoms with Gasteiger partial charge in [-0.1, -0.05) is 0 Å². The number of rotatable bonds is 6. The van der Waals surface area contributed by atoms with Crippen LogP contribution >= 0.6 is 0 Å². The molecule has 28 heavy (non-hydrogen) atoms. The second-order valence-corrected chi connectivity index (χ2v) is 7.02. The molecule has 2 heterocycles. The van der Waals surface area contributed by atoms with Crippen molar-refractivity contribution >= 4 is 5.97 Å². The van der Waals surface area contributed by atoms with Crippen LogP contribution in [0.15, 0.2) is 0 Å². The van der Waals surface area contributed by atoms with Gasteiger partial charge in [-0.2, -0.15) is 0 Å². The standard InChI is InChI=1S/C15H28N2O11/c1-4(14(23)24)26-11-7(16)13(27-5(2-18)9(11)21)15(25)12(17)10(22)8(20)6(3-19)28-15/h4-13,18-22,25H,2-3,16-17H2,1H3,(H,23,24)/t4-,5-,6-,7-,8-,9-,10+,11-,12-,13?,15?/m1/s1. The highest BCUT2D eigenvalue weighted by molar-refractivity contribution is 5.71. The van der Waals surface area contributed by atoms with E-state index >= 15 is 0 Å². The molecule has 0 aromatic rings. The van der Waals surface area contributed by atoms with E-state index < -0.39 is 85.9 Å². The van der Waals surface area contributed by atoms with E-state index in [4.69, 9.17) is 30.8 Å². The molecule has 2 aliphatic heterocycles. The van der Waals surface area contributed by atoms with Crippen LogP contribution in [0, 0.1) is 0 Å². The van der Waals surface area contributed by atoms with Gasteiger partial charge in [0, 0.05) is 0 Å². The van der Waals surface area contributed by atoms with Gasteiger partial charge in [-0.25, -0.2) is 4.79 Å². The SMILES string of the molecule is C[C@@H](O[C@H]1[C@H](O)[C@@H](CO)OC(C2(O)O[C@H](CO)[C@@H](O)[C@H](O)[C@H]2N)[C@@H]1N)C(=O)O. The monoisotopic (exact) mass is 412 g/mol. The van der Waals surface area contributed by atoms with Crippen LogP contribution in [0.25, 0.3) is 0 Å². The quantitative estimate of drug-likeness (QED) is 0.198. The van der Waals surface area contributed by atoms with Gasteiger partial charge < -0.3 is 61.4 Å². The second-order valence-electron chi connectivity index (χ2n) is 7.02. The molecule has 0 aromatic carbocycles. The molecule has 164 valence electrons. The number of aliphatic hydroxyl groups is 6. The van der Waals surface area contributed by atoms with Gasteiger partial charge in [0.2, 0.25) is 5.79 Å². The van der Waals surface area contributed by atoms with Gasteiger partial charge in [-0.3, -0.25) is 0 Å². The molecule has 0 saturated carbocycles. The van der Waals surface area contributed by atoms with E-state index in [0.29, 0.717) is 0 Å². The maximum Gasteiger partial charge on any atom is 0.332 e. The summed E-state index contributed by atoms with van der Waals surface area (Å²) >= 11 is 0. The first-order chi connectivity index (χ1) is 13.0. The number of aliphatic hydroxyl groups excluding tert-OH is 5. The summed E-state index contributed by atoms with van der Waals surface area (Å²) in [4.78, 5) is 11.1. The van der Waals surface area contributed by atoms with Crippen LogP contribution in [-0.2, 0) is 19.0 Å². The van der Waals surface area contributed by atoms with Crippen molar-refractivity contribution in [1.82, 2.24) is 0 Å². The smallest absolute Gasteiger partial charge is 0.332 e. The molecule has 0 aliphatic carbocycles. The average molecular weight is 412 g/mol. The zero-order valence-electron chi connectivity index (χ0n) is 15.1. The highest BCUT2D eigenvalue weighted by Crippen LogP contribution is 2.37. The van der Waals surface area contributed by atoms with Gasteiger partial charge in [0.25, 0.3) is 0 Å². The Labute approximate surface area is 160 Å². The molecule has 13 heteroatoms. The molecule has 11 N–H and O–H groups in total. The van der Waals surface area contributed by atoms with Crippen molar-refractivity contribution in [2.75, 3.05) is 13.2 Å². The molecule has 0 bridgehead atoms. The van der Waals surface area contributed by atoms with Crippen molar-refractivity contribution in [3.63, 3.8) is 0 Å². The lowest BCUT2D eigenvalue weighted by Crippen LogP contribution is -2.78. The summed E-state index contributed by atoms with van der Waals surface area (Å²) in [7, 11) is 0. The number of carboxylic acid groups (broad SMARTS) is 1. The molecule has 2 fully saturated rings. The first-order valence-electron chi connectivity index (χ1n) is 8.70. The minimum atomic E-state index is -2.56. The molecule has 0 amide bonds. The minimum Gasteiger partial charge on any atom is -0.479 e. The number of carboxylic acids is 1. The fourth-order valence-corrected chi connectivity index (χ4v) is 3.43. The van der Waals surface area contributed by atoms with Crippen LogP contribution in [-0.4, -0.2) is 122 Å². The highest BCUT2D eigenvalue weighted by atomic mass is 16.7. The Morgan fingerprint density at radius 1 is 1.11 bits per heavy atom. The third-order valence-corrected chi connectivity index (χ3v) is 5.16. The summed E-state index contributed by atoms with van der Waals surface area (Å²) in [5, 5.41) is 69.2. The topological polar surface area (TPSA) is 238 Å². The number of hydrogen-bond donors (Lipinski definition) is 9. The lowest BCUT2D eigenvalue weighted by Gasteiger charge is -2.54. The lowest BCUT2D eigenvalue weighted by molar-refractivity contribution is -0.372. The second kappa shape index (κ2) is 8.81. The maximum absolute atomic E-state index is 11.1. The summed E-state index contributed by atoms with van der Waals surface area (Å²) < 4.78 is 16.0. The van der Waals surface area contributed by atoms with E-state index in [0.717, 1.165) is 0 Å². The van der Waals surface area contributed by atoms with E-state index in [9.17, 15) is 35.4 Å². The summed E-state index contributed by atoms with van der Waals surface area (Å²) in [6.45, 7) is -0.331. The summed E-state index contributed by atoms with van der Waals surface area (Å²) in [6, 6.07) is -3.08. The molecule has 11 atom stereocenters. The van der Waals surface area contributed by atoms with E-state index in [-0.39, 0.29) is 0 Å². The average Bonchev–Trinajstić information content (AvgIpc) is 2.66. The number of carbonyl (C=O) groups is 1. The third-order valence-electron chi connectivity index (χ3n) is 5.16. The Morgan fingerprint density at radius 3 is 2.18 bits per heavy atom. The molecule has 2 unspecified atom stereocenters. The van der Waals surface area contributed by atoms with Crippen molar-refractivity contribution in [2.24, 2.45) is 11.5 Å². The largest absolute Gasteiger partial charge is 0.479 e. The predicted octanol–water partition coefficient (Wildman–Crippen LogP) is -5.58. The number of aliphatic carboxylic acids is 1. The van der Waals surface area contributed by atoms with Crippen LogP contribution in [0.4, 0.5) is 0 Å². The fraction of sp³-hybridized carbons (Fsp3) is 0.933. The summed E-state index contributed by atoms with van der Waals surface area (Å²) in [5.41, 5.74) is 11.8. The van der Waals surface area contributed by atoms with Gasteiger partial charge in [0.05, 0.1) is 25.3 Å². The van der Waals surface area contributed by atoms with Crippen molar-refractivity contribution in [2.45, 2.75) is 73.6 Å². The summed E-state index contributed by atoms with van der Waals surface area (Å²) in [6.07, 6.45) is -12.1. The number of nitrogens with two attached hydrogens (primary N) is 2. The Balaban J connectivity index is 2.37. The normalized spacial score (nSPS) is 48.2. The molecule has 0 radical (unpaired) electrons. The van der Waals surface area contributed by atoms with Crippen LogP contribution < -0.4 is 11.5 Å². The lowest BCUT2D eigenvalue weighted by atomic mass is 9.81. The van der Waals surface area contributed by atoms with Gasteiger partial charge >= 0.3 is 5.97 Å². The Bertz CT molecular complexity index is 552. The first-order valence-corrected chi connectivity index (χ1v) is 8.70.